The van der Waals surface area contributed by atoms with Crippen molar-refractivity contribution in [1.29, 1.82) is 0 Å². The number of nitrogens with zero attached hydrogens (tertiary/aromatic N) is 1. The van der Waals surface area contributed by atoms with Gasteiger partial charge in [0.1, 0.15) is 0 Å². The first-order chi connectivity index (χ1) is 8.58. The Bertz CT molecular complexity index is 515. The second kappa shape index (κ2) is 5.50. The number of anilines is 1. The van der Waals surface area contributed by atoms with Gasteiger partial charge in [0.15, 0.2) is 0 Å². The lowest BCUT2D eigenvalue weighted by molar-refractivity contribution is 0.865. The standard InChI is InChI=1S/C15H20ClNS/c1-5-17(6-2)13-7-8-14-12(9-13)10-18(4)11(3)15(14)16/h7-9H,4-6,10H2,1-3H3. The van der Waals surface area contributed by atoms with Crippen LogP contribution in [-0.4, -0.2) is 19.0 Å². The highest BCUT2D eigenvalue weighted by Crippen LogP contribution is 2.43. The van der Waals surface area contributed by atoms with E-state index in [4.69, 9.17) is 11.6 Å². The van der Waals surface area contributed by atoms with Crippen LogP contribution >= 0.6 is 22.1 Å². The predicted octanol–water partition coefficient (Wildman–Crippen LogP) is 4.67. The van der Waals surface area contributed by atoms with E-state index < -0.39 is 0 Å². The Morgan fingerprint density at radius 3 is 2.61 bits per heavy atom. The monoisotopic (exact) mass is 281 g/mol. The highest BCUT2D eigenvalue weighted by atomic mass is 35.5. The van der Waals surface area contributed by atoms with Gasteiger partial charge in [0, 0.05) is 24.5 Å². The molecule has 3 heteroatoms. The average molecular weight is 282 g/mol. The number of allylic oxidation sites excluding steroid dienone is 1. The van der Waals surface area contributed by atoms with Crippen molar-refractivity contribution in [3.63, 3.8) is 0 Å². The second-order valence-electron chi connectivity index (χ2n) is 4.52. The lowest BCUT2D eigenvalue weighted by Gasteiger charge is -2.25. The van der Waals surface area contributed by atoms with Crippen molar-refractivity contribution in [3.8, 4) is 0 Å². The van der Waals surface area contributed by atoms with E-state index in [1.807, 2.05) is 0 Å². The van der Waals surface area contributed by atoms with Crippen LogP contribution in [0.4, 0.5) is 5.69 Å². The van der Waals surface area contributed by atoms with Crippen LogP contribution in [-0.2, 0) is 5.75 Å². The van der Waals surface area contributed by atoms with Gasteiger partial charge in [-0.2, -0.15) is 10.5 Å². The Hall–Kier alpha value is -0.730. The minimum Gasteiger partial charge on any atom is -0.372 e. The van der Waals surface area contributed by atoms with E-state index in [9.17, 15) is 0 Å². The smallest absolute Gasteiger partial charge is 0.0568 e. The van der Waals surface area contributed by atoms with Crippen LogP contribution in [0, 0.1) is 0 Å². The number of benzene rings is 1. The third-order valence-electron chi connectivity index (χ3n) is 3.53. The fourth-order valence-electron chi connectivity index (χ4n) is 2.31. The molecule has 1 heterocycles. The maximum atomic E-state index is 6.43. The summed E-state index contributed by atoms with van der Waals surface area (Å²) in [6, 6.07) is 6.61. The Balaban J connectivity index is 2.46. The van der Waals surface area contributed by atoms with Crippen LogP contribution in [0.3, 0.4) is 0 Å². The zero-order chi connectivity index (χ0) is 13.3. The summed E-state index contributed by atoms with van der Waals surface area (Å²) in [6.07, 6.45) is 0. The van der Waals surface area contributed by atoms with Crippen molar-refractivity contribution in [2.24, 2.45) is 0 Å². The summed E-state index contributed by atoms with van der Waals surface area (Å²) >= 11 is 6.43. The molecular weight excluding hydrogens is 262 g/mol. The van der Waals surface area contributed by atoms with Crippen LogP contribution in [0.5, 0.6) is 0 Å². The molecule has 0 saturated carbocycles. The summed E-state index contributed by atoms with van der Waals surface area (Å²) in [7, 11) is 0.0274. The minimum atomic E-state index is 0.0274. The van der Waals surface area contributed by atoms with Gasteiger partial charge in [-0.1, -0.05) is 23.5 Å². The first-order valence-corrected chi connectivity index (χ1v) is 8.27. The number of hydrogen-bond acceptors (Lipinski definition) is 1. The fourth-order valence-corrected chi connectivity index (χ4v) is 4.02. The van der Waals surface area contributed by atoms with Crippen molar-refractivity contribution >= 4 is 38.7 Å². The van der Waals surface area contributed by atoms with Gasteiger partial charge in [-0.05, 0) is 48.9 Å². The van der Waals surface area contributed by atoms with Crippen LogP contribution in [0.15, 0.2) is 23.1 Å². The third-order valence-corrected chi connectivity index (χ3v) is 5.85. The summed E-state index contributed by atoms with van der Waals surface area (Å²) in [5.74, 6) is 5.23. The summed E-state index contributed by atoms with van der Waals surface area (Å²) in [5.41, 5.74) is 3.82. The molecule has 1 nitrogen and oxygen atoms in total. The van der Waals surface area contributed by atoms with Gasteiger partial charge >= 0.3 is 0 Å². The summed E-state index contributed by atoms with van der Waals surface area (Å²) in [4.78, 5) is 3.60. The number of hydrogen-bond donors (Lipinski definition) is 0. The van der Waals surface area contributed by atoms with Crippen molar-refractivity contribution in [2.75, 3.05) is 18.0 Å². The molecule has 0 aromatic heterocycles. The SMILES string of the molecule is C=S1Cc2cc(N(CC)CC)ccc2C(Cl)=C1C. The van der Waals surface area contributed by atoms with Gasteiger partial charge in [0.25, 0.3) is 0 Å². The largest absolute Gasteiger partial charge is 0.372 e. The maximum absolute atomic E-state index is 6.43. The first kappa shape index (κ1) is 13.7. The number of halogens is 1. The average Bonchev–Trinajstić information content (AvgIpc) is 2.37. The highest BCUT2D eigenvalue weighted by molar-refractivity contribution is 8.17. The third kappa shape index (κ3) is 2.36. The highest BCUT2D eigenvalue weighted by Gasteiger charge is 2.18. The molecule has 1 aliphatic rings. The van der Waals surface area contributed by atoms with Crippen molar-refractivity contribution in [1.82, 2.24) is 0 Å². The summed E-state index contributed by atoms with van der Waals surface area (Å²) < 4.78 is 0. The molecule has 2 rings (SSSR count). The van der Waals surface area contributed by atoms with Gasteiger partial charge in [0.2, 0.25) is 0 Å². The van der Waals surface area contributed by atoms with E-state index in [1.165, 1.54) is 21.7 Å². The van der Waals surface area contributed by atoms with E-state index in [2.05, 4.69) is 49.7 Å². The summed E-state index contributed by atoms with van der Waals surface area (Å²) in [6.45, 7) is 8.54. The molecule has 0 saturated heterocycles. The second-order valence-corrected chi connectivity index (χ2v) is 6.79. The predicted molar refractivity (Wildman–Crippen MR) is 86.9 cm³/mol. The Morgan fingerprint density at radius 1 is 1.33 bits per heavy atom. The number of rotatable bonds is 3. The lowest BCUT2D eigenvalue weighted by Crippen LogP contribution is -2.22. The minimum absolute atomic E-state index is 0.0274. The molecule has 0 aliphatic carbocycles. The Kier molecular flexibility index (Phi) is 4.18. The van der Waals surface area contributed by atoms with E-state index >= 15 is 0 Å². The number of fused-ring (bicyclic) bond motifs is 1. The maximum Gasteiger partial charge on any atom is 0.0568 e. The zero-order valence-electron chi connectivity index (χ0n) is 11.3. The van der Waals surface area contributed by atoms with Crippen LogP contribution < -0.4 is 4.90 Å². The Labute approximate surface area is 117 Å². The van der Waals surface area contributed by atoms with Crippen molar-refractivity contribution in [2.45, 2.75) is 26.5 Å². The lowest BCUT2D eigenvalue weighted by atomic mass is 10.1. The molecule has 0 bridgehead atoms. The van der Waals surface area contributed by atoms with Gasteiger partial charge in [0.05, 0.1) is 5.03 Å². The molecule has 1 aliphatic heterocycles. The molecule has 1 aromatic carbocycles. The molecule has 1 unspecified atom stereocenters. The molecule has 18 heavy (non-hydrogen) atoms. The molecule has 98 valence electrons. The quantitative estimate of drug-likeness (QED) is 0.728. The molecule has 0 spiro atoms. The topological polar surface area (TPSA) is 3.24 Å². The van der Waals surface area contributed by atoms with Gasteiger partial charge < -0.3 is 4.90 Å². The molecule has 0 amide bonds. The zero-order valence-corrected chi connectivity index (χ0v) is 12.9. The fraction of sp³-hybridized carbons (Fsp3) is 0.400. The van der Waals surface area contributed by atoms with Crippen molar-refractivity contribution in [3.05, 3.63) is 34.2 Å². The van der Waals surface area contributed by atoms with Gasteiger partial charge in [-0.3, -0.25) is 0 Å². The van der Waals surface area contributed by atoms with Crippen LogP contribution in [0.25, 0.3) is 5.03 Å². The first-order valence-electron chi connectivity index (χ1n) is 6.33. The molecular formula is C15H20ClNS. The Morgan fingerprint density at radius 2 is 2.00 bits per heavy atom. The summed E-state index contributed by atoms with van der Waals surface area (Å²) in [5, 5.41) is 0.903. The van der Waals surface area contributed by atoms with E-state index in [0.29, 0.717) is 0 Å². The molecule has 0 N–H and O–H groups in total. The van der Waals surface area contributed by atoms with Gasteiger partial charge in [-0.15, -0.1) is 0 Å². The molecule has 1 aromatic rings. The van der Waals surface area contributed by atoms with E-state index in [1.54, 1.807) is 0 Å². The molecule has 0 radical (unpaired) electrons. The van der Waals surface area contributed by atoms with Crippen molar-refractivity contribution < 1.29 is 0 Å². The molecule has 0 fully saturated rings. The molecule has 1 atom stereocenters. The normalized spacial score (nSPS) is 18.8. The van der Waals surface area contributed by atoms with E-state index in [0.717, 1.165) is 23.9 Å². The van der Waals surface area contributed by atoms with Gasteiger partial charge in [-0.25, -0.2) is 0 Å². The van der Waals surface area contributed by atoms with Crippen LogP contribution in [0.2, 0.25) is 0 Å². The van der Waals surface area contributed by atoms with E-state index in [-0.39, 0.29) is 10.5 Å². The van der Waals surface area contributed by atoms with Crippen LogP contribution in [0.1, 0.15) is 31.9 Å².